The highest BCUT2D eigenvalue weighted by Crippen LogP contribution is 2.23. The molecule has 74 valence electrons. The van der Waals surface area contributed by atoms with E-state index in [1.165, 1.54) is 5.39 Å². The molecular weight excluding hydrogens is 240 g/mol. The van der Waals surface area contributed by atoms with E-state index < -0.39 is 0 Å². The van der Waals surface area contributed by atoms with Crippen LogP contribution in [0.2, 0.25) is 0 Å². The quantitative estimate of drug-likeness (QED) is 0.801. The summed E-state index contributed by atoms with van der Waals surface area (Å²) < 4.78 is 3.31. The molecule has 0 bridgehead atoms. The Kier molecular flexibility index (Phi) is 2.59. The van der Waals surface area contributed by atoms with Gasteiger partial charge in [-0.1, -0.05) is 13.8 Å². The van der Waals surface area contributed by atoms with Gasteiger partial charge in [0.1, 0.15) is 5.65 Å². The molecule has 0 unspecified atom stereocenters. The van der Waals surface area contributed by atoms with Gasteiger partial charge in [0.15, 0.2) is 0 Å². The van der Waals surface area contributed by atoms with Gasteiger partial charge >= 0.3 is 0 Å². The molecule has 2 aromatic rings. The first kappa shape index (κ1) is 9.71. The smallest absolute Gasteiger partial charge is 0.140 e. The molecule has 0 atom stereocenters. The van der Waals surface area contributed by atoms with E-state index in [1.807, 2.05) is 12.3 Å². The number of hydrogen-bond acceptors (Lipinski definition) is 1. The second-order valence-corrected chi connectivity index (χ2v) is 4.75. The van der Waals surface area contributed by atoms with Gasteiger partial charge in [0, 0.05) is 28.8 Å². The Morgan fingerprint density at radius 1 is 1.43 bits per heavy atom. The van der Waals surface area contributed by atoms with Crippen molar-refractivity contribution in [2.75, 3.05) is 0 Å². The molecule has 3 heteroatoms. The van der Waals surface area contributed by atoms with Crippen molar-refractivity contribution in [3.63, 3.8) is 0 Å². The van der Waals surface area contributed by atoms with Crippen LogP contribution >= 0.6 is 15.9 Å². The fraction of sp³-hybridized carbons (Fsp3) is 0.364. The minimum atomic E-state index is 0.645. The molecule has 0 radical (unpaired) electrons. The zero-order chi connectivity index (χ0) is 10.1. The first-order chi connectivity index (χ1) is 6.68. The van der Waals surface area contributed by atoms with Crippen LogP contribution < -0.4 is 0 Å². The van der Waals surface area contributed by atoms with Gasteiger partial charge in [-0.15, -0.1) is 0 Å². The molecule has 0 fully saturated rings. The van der Waals surface area contributed by atoms with E-state index >= 15 is 0 Å². The number of nitrogens with zero attached hydrogens (tertiary/aromatic N) is 2. The number of rotatable bonds is 2. The number of pyridine rings is 1. The molecule has 0 saturated carbocycles. The van der Waals surface area contributed by atoms with Crippen molar-refractivity contribution in [1.29, 1.82) is 0 Å². The minimum absolute atomic E-state index is 0.645. The molecular formula is C11H13BrN2. The molecule has 0 spiro atoms. The van der Waals surface area contributed by atoms with Crippen molar-refractivity contribution in [2.45, 2.75) is 20.4 Å². The van der Waals surface area contributed by atoms with E-state index in [1.54, 1.807) is 0 Å². The summed E-state index contributed by atoms with van der Waals surface area (Å²) in [6.07, 6.45) is 3.94. The fourth-order valence-corrected chi connectivity index (χ4v) is 2.03. The zero-order valence-corrected chi connectivity index (χ0v) is 9.95. The normalized spacial score (nSPS) is 11.4. The highest BCUT2D eigenvalue weighted by molar-refractivity contribution is 9.10. The van der Waals surface area contributed by atoms with Gasteiger partial charge in [-0.2, -0.15) is 0 Å². The zero-order valence-electron chi connectivity index (χ0n) is 8.37. The summed E-state index contributed by atoms with van der Waals surface area (Å²) in [7, 11) is 0. The summed E-state index contributed by atoms with van der Waals surface area (Å²) in [6, 6.07) is 4.08. The molecule has 0 N–H and O–H groups in total. The molecule has 0 saturated heterocycles. The van der Waals surface area contributed by atoms with Gasteiger partial charge in [0.2, 0.25) is 0 Å². The maximum Gasteiger partial charge on any atom is 0.140 e. The Morgan fingerprint density at radius 3 is 2.93 bits per heavy atom. The Hall–Kier alpha value is -0.830. The van der Waals surface area contributed by atoms with E-state index in [4.69, 9.17) is 0 Å². The highest BCUT2D eigenvalue weighted by Gasteiger charge is 2.05. The van der Waals surface area contributed by atoms with Gasteiger partial charge in [0.05, 0.1) is 0 Å². The molecule has 0 aromatic carbocycles. The van der Waals surface area contributed by atoms with E-state index in [0.717, 1.165) is 16.7 Å². The lowest BCUT2D eigenvalue weighted by atomic mass is 10.2. The van der Waals surface area contributed by atoms with Gasteiger partial charge in [-0.25, -0.2) is 4.98 Å². The Balaban J connectivity index is 2.52. The van der Waals surface area contributed by atoms with Gasteiger partial charge in [0.25, 0.3) is 0 Å². The van der Waals surface area contributed by atoms with E-state index in [2.05, 4.69) is 51.6 Å². The third kappa shape index (κ3) is 1.69. The van der Waals surface area contributed by atoms with Crippen LogP contribution in [0.15, 0.2) is 29.0 Å². The number of halogens is 1. The number of fused-ring (bicyclic) bond motifs is 1. The van der Waals surface area contributed by atoms with Crippen LogP contribution in [0.25, 0.3) is 11.0 Å². The topological polar surface area (TPSA) is 17.8 Å². The fourth-order valence-electron chi connectivity index (χ4n) is 1.60. The SMILES string of the molecule is CC(C)Cn1ccc2c(Br)ccnc21. The molecule has 0 aliphatic heterocycles. The standard InChI is InChI=1S/C11H13BrN2/c1-8(2)7-14-6-4-9-10(12)3-5-13-11(9)14/h3-6,8H,7H2,1-2H3. The van der Waals surface area contributed by atoms with Crippen molar-refractivity contribution in [1.82, 2.24) is 9.55 Å². The monoisotopic (exact) mass is 252 g/mol. The summed E-state index contributed by atoms with van der Waals surface area (Å²) in [4.78, 5) is 4.39. The second-order valence-electron chi connectivity index (χ2n) is 3.89. The minimum Gasteiger partial charge on any atom is -0.332 e. The van der Waals surface area contributed by atoms with Gasteiger partial charge in [-0.3, -0.25) is 0 Å². The van der Waals surface area contributed by atoms with Crippen LogP contribution in [0.3, 0.4) is 0 Å². The van der Waals surface area contributed by atoms with Crippen LogP contribution in [-0.4, -0.2) is 9.55 Å². The van der Waals surface area contributed by atoms with E-state index in [9.17, 15) is 0 Å². The first-order valence-corrected chi connectivity index (χ1v) is 5.57. The van der Waals surface area contributed by atoms with Crippen molar-refractivity contribution in [3.8, 4) is 0 Å². The van der Waals surface area contributed by atoms with E-state index in [-0.39, 0.29) is 0 Å². The Morgan fingerprint density at radius 2 is 2.21 bits per heavy atom. The maximum atomic E-state index is 4.39. The summed E-state index contributed by atoms with van der Waals surface area (Å²) in [6.45, 7) is 5.45. The lowest BCUT2D eigenvalue weighted by Gasteiger charge is -2.07. The van der Waals surface area contributed by atoms with Gasteiger partial charge in [-0.05, 0) is 34.0 Å². The van der Waals surface area contributed by atoms with Crippen molar-refractivity contribution < 1.29 is 0 Å². The molecule has 2 rings (SSSR count). The van der Waals surface area contributed by atoms with Crippen LogP contribution in [0.1, 0.15) is 13.8 Å². The Labute approximate surface area is 92.1 Å². The summed E-state index contributed by atoms with van der Waals surface area (Å²) >= 11 is 3.52. The summed E-state index contributed by atoms with van der Waals surface area (Å²) in [5, 5.41) is 1.19. The third-order valence-electron chi connectivity index (χ3n) is 2.17. The lowest BCUT2D eigenvalue weighted by molar-refractivity contribution is 0.533. The first-order valence-electron chi connectivity index (χ1n) is 4.78. The molecule has 0 amide bonds. The predicted octanol–water partition coefficient (Wildman–Crippen LogP) is 3.45. The third-order valence-corrected chi connectivity index (χ3v) is 2.86. The van der Waals surface area contributed by atoms with Crippen LogP contribution in [0.4, 0.5) is 0 Å². The second kappa shape index (κ2) is 3.73. The van der Waals surface area contributed by atoms with Crippen LogP contribution in [0.5, 0.6) is 0 Å². The Bertz CT molecular complexity index is 445. The largest absolute Gasteiger partial charge is 0.332 e. The van der Waals surface area contributed by atoms with Crippen molar-refractivity contribution in [3.05, 3.63) is 29.0 Å². The predicted molar refractivity (Wildman–Crippen MR) is 62.3 cm³/mol. The van der Waals surface area contributed by atoms with Gasteiger partial charge < -0.3 is 4.57 Å². The number of aromatic nitrogens is 2. The maximum absolute atomic E-state index is 4.39. The molecule has 2 heterocycles. The highest BCUT2D eigenvalue weighted by atomic mass is 79.9. The summed E-state index contributed by atoms with van der Waals surface area (Å²) in [5.74, 6) is 0.645. The summed E-state index contributed by atoms with van der Waals surface area (Å²) in [5.41, 5.74) is 1.06. The molecule has 0 aliphatic rings. The average Bonchev–Trinajstić information content (AvgIpc) is 2.49. The molecule has 0 aliphatic carbocycles. The van der Waals surface area contributed by atoms with Crippen molar-refractivity contribution in [2.24, 2.45) is 5.92 Å². The molecule has 14 heavy (non-hydrogen) atoms. The molecule has 2 nitrogen and oxygen atoms in total. The lowest BCUT2D eigenvalue weighted by Crippen LogP contribution is -2.03. The molecule has 2 aromatic heterocycles. The van der Waals surface area contributed by atoms with Crippen LogP contribution in [0, 0.1) is 5.92 Å². The van der Waals surface area contributed by atoms with Crippen LogP contribution in [-0.2, 0) is 6.54 Å². The van der Waals surface area contributed by atoms with E-state index in [0.29, 0.717) is 5.92 Å². The van der Waals surface area contributed by atoms with Crippen molar-refractivity contribution >= 4 is 27.0 Å². The number of hydrogen-bond donors (Lipinski definition) is 0. The average molecular weight is 253 g/mol.